The van der Waals surface area contributed by atoms with Crippen molar-refractivity contribution in [3.63, 3.8) is 0 Å². The largest absolute Gasteiger partial charge is 0.481 e. The molecule has 1 heterocycles. The smallest absolute Gasteiger partial charge is 0.313 e. The van der Waals surface area contributed by atoms with Crippen molar-refractivity contribution in [2.45, 2.75) is 12.0 Å². The van der Waals surface area contributed by atoms with Gasteiger partial charge < -0.3 is 5.11 Å². The van der Waals surface area contributed by atoms with Crippen LogP contribution < -0.4 is 4.90 Å². The number of nitriles is 1. The van der Waals surface area contributed by atoms with Gasteiger partial charge in [-0.15, -0.1) is 0 Å². The highest BCUT2D eigenvalue weighted by Gasteiger charge is 2.44. The molecule has 4 rings (SSSR count). The van der Waals surface area contributed by atoms with Gasteiger partial charge in [-0.25, -0.2) is 0 Å². The Balaban J connectivity index is 1.97. The molecule has 5 nitrogen and oxygen atoms in total. The van der Waals surface area contributed by atoms with Crippen LogP contribution in [-0.2, 0) is 4.79 Å². The summed E-state index contributed by atoms with van der Waals surface area (Å²) in [7, 11) is 0. The normalized spacial score (nSPS) is 18.2. The van der Waals surface area contributed by atoms with Crippen molar-refractivity contribution in [2.24, 2.45) is 0 Å². The Morgan fingerprint density at radius 3 is 2.21 bits per heavy atom. The molecule has 3 aromatic carbocycles. The fourth-order valence-electron chi connectivity index (χ4n) is 3.77. The SMILES string of the molecule is N#Cc1ccc([C@@H]2[C@H](C(=O)O)c3ccccc3C(=O)N2c2ccccc2)cc1. The van der Waals surface area contributed by atoms with E-state index in [9.17, 15) is 14.7 Å². The summed E-state index contributed by atoms with van der Waals surface area (Å²) >= 11 is 0. The summed E-state index contributed by atoms with van der Waals surface area (Å²) in [5.41, 5.74) is 2.66. The molecular weight excluding hydrogens is 352 g/mol. The zero-order valence-electron chi connectivity index (χ0n) is 14.8. The van der Waals surface area contributed by atoms with Gasteiger partial charge in [-0.3, -0.25) is 14.5 Å². The first-order valence-corrected chi connectivity index (χ1v) is 8.82. The average molecular weight is 368 g/mol. The number of fused-ring (bicyclic) bond motifs is 1. The monoisotopic (exact) mass is 368 g/mol. The lowest BCUT2D eigenvalue weighted by molar-refractivity contribution is -0.139. The number of carboxylic acid groups (broad SMARTS) is 1. The lowest BCUT2D eigenvalue weighted by Crippen LogP contribution is -2.45. The molecular formula is C23H16N2O3. The first-order chi connectivity index (χ1) is 13.6. The van der Waals surface area contributed by atoms with E-state index in [2.05, 4.69) is 6.07 Å². The molecule has 0 fully saturated rings. The summed E-state index contributed by atoms with van der Waals surface area (Å²) in [5.74, 6) is -2.18. The first-order valence-electron chi connectivity index (χ1n) is 8.82. The number of para-hydroxylation sites is 1. The molecule has 0 saturated heterocycles. The van der Waals surface area contributed by atoms with E-state index in [0.29, 0.717) is 27.9 Å². The van der Waals surface area contributed by atoms with Gasteiger partial charge in [0.2, 0.25) is 0 Å². The lowest BCUT2D eigenvalue weighted by atomic mass is 9.79. The van der Waals surface area contributed by atoms with E-state index >= 15 is 0 Å². The van der Waals surface area contributed by atoms with Crippen LogP contribution in [0.3, 0.4) is 0 Å². The fraction of sp³-hybridized carbons (Fsp3) is 0.0870. The third-order valence-electron chi connectivity index (χ3n) is 5.02. The third kappa shape index (κ3) is 2.81. The third-order valence-corrected chi connectivity index (χ3v) is 5.02. The van der Waals surface area contributed by atoms with Crippen LogP contribution in [0, 0.1) is 11.3 Å². The highest BCUT2D eigenvalue weighted by atomic mass is 16.4. The number of rotatable bonds is 3. The summed E-state index contributed by atoms with van der Waals surface area (Å²) in [5, 5.41) is 19.2. The molecule has 3 aromatic rings. The highest BCUT2D eigenvalue weighted by Crippen LogP contribution is 2.44. The number of amides is 1. The number of hydrogen-bond acceptors (Lipinski definition) is 3. The number of hydrogen-bond donors (Lipinski definition) is 1. The number of carboxylic acids is 1. The Morgan fingerprint density at radius 1 is 0.929 bits per heavy atom. The van der Waals surface area contributed by atoms with Crippen molar-refractivity contribution in [1.29, 1.82) is 5.26 Å². The van der Waals surface area contributed by atoms with Crippen molar-refractivity contribution in [3.8, 4) is 6.07 Å². The minimum absolute atomic E-state index is 0.242. The zero-order chi connectivity index (χ0) is 19.7. The minimum atomic E-state index is -1.00. The van der Waals surface area contributed by atoms with Gasteiger partial charge in [0, 0.05) is 11.3 Å². The molecule has 0 aliphatic carbocycles. The Bertz CT molecular complexity index is 1080. The van der Waals surface area contributed by atoms with Gasteiger partial charge >= 0.3 is 5.97 Å². The van der Waals surface area contributed by atoms with E-state index < -0.39 is 17.9 Å². The van der Waals surface area contributed by atoms with Gasteiger partial charge in [-0.2, -0.15) is 5.26 Å². The quantitative estimate of drug-likeness (QED) is 0.754. The van der Waals surface area contributed by atoms with E-state index in [1.165, 1.54) is 0 Å². The second-order valence-corrected chi connectivity index (χ2v) is 6.59. The van der Waals surface area contributed by atoms with Gasteiger partial charge in [-0.05, 0) is 41.5 Å². The standard InChI is InChI=1S/C23H16N2O3/c24-14-15-10-12-16(13-11-15)21-20(23(27)28)18-8-4-5-9-19(18)22(26)25(21)17-6-2-1-3-7-17/h1-13,20-21H,(H,27,28)/t20-,21-/m1/s1. The van der Waals surface area contributed by atoms with E-state index in [4.69, 9.17) is 5.26 Å². The second-order valence-electron chi connectivity index (χ2n) is 6.59. The molecule has 1 aliphatic rings. The van der Waals surface area contributed by atoms with Crippen molar-refractivity contribution < 1.29 is 14.7 Å². The Morgan fingerprint density at radius 2 is 1.57 bits per heavy atom. The van der Waals surface area contributed by atoms with E-state index in [1.54, 1.807) is 65.6 Å². The van der Waals surface area contributed by atoms with Gasteiger partial charge in [-0.1, -0.05) is 48.5 Å². The molecule has 0 radical (unpaired) electrons. The molecule has 1 N–H and O–H groups in total. The fourth-order valence-corrected chi connectivity index (χ4v) is 3.77. The Kier molecular flexibility index (Phi) is 4.38. The maximum absolute atomic E-state index is 13.4. The van der Waals surface area contributed by atoms with Crippen molar-refractivity contribution >= 4 is 17.6 Å². The maximum atomic E-state index is 13.4. The first kappa shape index (κ1) is 17.5. The van der Waals surface area contributed by atoms with Crippen molar-refractivity contribution in [3.05, 3.63) is 101 Å². The molecule has 0 saturated carbocycles. The molecule has 1 aliphatic heterocycles. The van der Waals surface area contributed by atoms with Crippen LogP contribution >= 0.6 is 0 Å². The number of aliphatic carboxylic acids is 1. The van der Waals surface area contributed by atoms with Crippen LogP contribution in [0.15, 0.2) is 78.9 Å². The van der Waals surface area contributed by atoms with Gasteiger partial charge in [0.05, 0.1) is 17.7 Å². The zero-order valence-corrected chi connectivity index (χ0v) is 14.8. The molecule has 0 spiro atoms. The molecule has 1 amide bonds. The molecule has 0 aromatic heterocycles. The van der Waals surface area contributed by atoms with E-state index in [-0.39, 0.29) is 5.91 Å². The van der Waals surface area contributed by atoms with Crippen LogP contribution in [0.4, 0.5) is 5.69 Å². The molecule has 2 atom stereocenters. The number of anilines is 1. The lowest BCUT2D eigenvalue weighted by Gasteiger charge is -2.40. The Hall–Kier alpha value is -3.91. The number of carbonyl (C=O) groups excluding carboxylic acids is 1. The summed E-state index contributed by atoms with van der Waals surface area (Å²) in [4.78, 5) is 27.2. The molecule has 5 heteroatoms. The van der Waals surface area contributed by atoms with Gasteiger partial charge in [0.15, 0.2) is 0 Å². The summed E-state index contributed by atoms with van der Waals surface area (Å²) in [6.07, 6.45) is 0. The van der Waals surface area contributed by atoms with Crippen molar-refractivity contribution in [1.82, 2.24) is 0 Å². The van der Waals surface area contributed by atoms with Crippen molar-refractivity contribution in [2.75, 3.05) is 4.90 Å². The van der Waals surface area contributed by atoms with E-state index in [0.717, 1.165) is 0 Å². The minimum Gasteiger partial charge on any atom is -0.481 e. The predicted molar refractivity (Wildman–Crippen MR) is 104 cm³/mol. The predicted octanol–water partition coefficient (Wildman–Crippen LogP) is 4.13. The van der Waals surface area contributed by atoms with Crippen LogP contribution in [-0.4, -0.2) is 17.0 Å². The second kappa shape index (κ2) is 7.01. The van der Waals surface area contributed by atoms with Crippen LogP contribution in [0.25, 0.3) is 0 Å². The average Bonchev–Trinajstić information content (AvgIpc) is 2.74. The summed E-state index contributed by atoms with van der Waals surface area (Å²) in [6.45, 7) is 0. The molecule has 136 valence electrons. The maximum Gasteiger partial charge on any atom is 0.313 e. The van der Waals surface area contributed by atoms with Gasteiger partial charge in [0.25, 0.3) is 5.91 Å². The van der Waals surface area contributed by atoms with Crippen LogP contribution in [0.1, 0.15) is 39.0 Å². The topological polar surface area (TPSA) is 81.4 Å². The Labute approximate surface area is 162 Å². The number of nitrogens with zero attached hydrogens (tertiary/aromatic N) is 2. The number of benzene rings is 3. The molecule has 28 heavy (non-hydrogen) atoms. The van der Waals surface area contributed by atoms with Crippen LogP contribution in [0.5, 0.6) is 0 Å². The van der Waals surface area contributed by atoms with E-state index in [1.807, 2.05) is 18.2 Å². The summed E-state index contributed by atoms with van der Waals surface area (Å²) < 4.78 is 0. The molecule has 0 bridgehead atoms. The number of carbonyl (C=O) groups is 2. The highest BCUT2D eigenvalue weighted by molar-refractivity contribution is 6.10. The van der Waals surface area contributed by atoms with Gasteiger partial charge in [0.1, 0.15) is 5.92 Å². The summed E-state index contributed by atoms with van der Waals surface area (Å²) in [6, 6.07) is 24.0. The van der Waals surface area contributed by atoms with Crippen LogP contribution in [0.2, 0.25) is 0 Å². The molecule has 0 unspecified atom stereocenters.